The Hall–Kier alpha value is -2.50. The Bertz CT molecular complexity index is 544. The van der Waals surface area contributed by atoms with Crippen molar-refractivity contribution in [3.63, 3.8) is 0 Å². The van der Waals surface area contributed by atoms with E-state index in [4.69, 9.17) is 0 Å². The van der Waals surface area contributed by atoms with Crippen molar-refractivity contribution in [1.29, 1.82) is 0 Å². The van der Waals surface area contributed by atoms with Crippen LogP contribution in [-0.4, -0.2) is 30.9 Å². The van der Waals surface area contributed by atoms with Gasteiger partial charge in [0.25, 0.3) is 5.91 Å². The number of nitrogens with one attached hydrogen (secondary N) is 3. The zero-order valence-electron chi connectivity index (χ0n) is 12.6. The molecule has 1 rings (SSSR count). The van der Waals surface area contributed by atoms with Crippen molar-refractivity contribution >= 4 is 17.9 Å². The van der Waals surface area contributed by atoms with Crippen molar-refractivity contribution in [3.8, 4) is 0 Å². The molecule has 6 heteroatoms. The van der Waals surface area contributed by atoms with Crippen LogP contribution in [0.4, 0.5) is 5.69 Å². The van der Waals surface area contributed by atoms with Gasteiger partial charge in [-0.2, -0.15) is 0 Å². The van der Waals surface area contributed by atoms with Gasteiger partial charge in [-0.15, -0.1) is 0 Å². The van der Waals surface area contributed by atoms with Crippen LogP contribution in [0.2, 0.25) is 0 Å². The van der Waals surface area contributed by atoms with Gasteiger partial charge in [0.2, 0.25) is 0 Å². The van der Waals surface area contributed by atoms with Gasteiger partial charge in [-0.05, 0) is 18.6 Å². The number of nitrogens with zero attached hydrogens (tertiary/aromatic N) is 1. The Morgan fingerprint density at radius 1 is 1.33 bits per heavy atom. The molecular weight excluding hydrogens is 268 g/mol. The number of allylic oxidation sites excluding steroid dienone is 2. The highest BCUT2D eigenvalue weighted by atomic mass is 16.2. The summed E-state index contributed by atoms with van der Waals surface area (Å²) in [5.74, 6) is -0.194. The first-order valence-electron chi connectivity index (χ1n) is 6.75. The van der Waals surface area contributed by atoms with Crippen molar-refractivity contribution in [3.05, 3.63) is 42.0 Å². The Balaban J connectivity index is 2.76. The Labute approximate surface area is 124 Å². The first-order valence-corrected chi connectivity index (χ1v) is 6.75. The highest BCUT2D eigenvalue weighted by Crippen LogP contribution is 2.12. The molecule has 0 saturated carbocycles. The van der Waals surface area contributed by atoms with Gasteiger partial charge in [0.15, 0.2) is 0 Å². The minimum atomic E-state index is -0.194. The van der Waals surface area contributed by atoms with E-state index < -0.39 is 0 Å². The molecule has 0 aliphatic heterocycles. The first-order chi connectivity index (χ1) is 10.1. The molecule has 0 aromatic carbocycles. The molecule has 0 aliphatic carbocycles. The molecule has 0 atom stereocenters. The third-order valence-electron chi connectivity index (χ3n) is 2.83. The average Bonchev–Trinajstić information content (AvgIpc) is 2.85. The van der Waals surface area contributed by atoms with E-state index in [0.29, 0.717) is 24.2 Å². The topological polar surface area (TPSA) is 75.2 Å². The molecule has 1 aromatic rings. The van der Waals surface area contributed by atoms with E-state index >= 15 is 0 Å². The summed E-state index contributed by atoms with van der Waals surface area (Å²) in [6.07, 6.45) is 9.15. The lowest BCUT2D eigenvalue weighted by molar-refractivity contribution is -0.107. The third-order valence-corrected chi connectivity index (χ3v) is 2.83. The maximum atomic E-state index is 12.3. The summed E-state index contributed by atoms with van der Waals surface area (Å²) in [6.45, 7) is 0. The van der Waals surface area contributed by atoms with Gasteiger partial charge < -0.3 is 25.3 Å². The van der Waals surface area contributed by atoms with Crippen LogP contribution in [0.1, 0.15) is 23.3 Å². The number of anilines is 1. The molecule has 0 radical (unpaired) electrons. The van der Waals surface area contributed by atoms with Gasteiger partial charge in [-0.25, -0.2) is 0 Å². The number of carbonyl (C=O) groups is 2. The summed E-state index contributed by atoms with van der Waals surface area (Å²) in [5.41, 5.74) is 2.08. The Morgan fingerprint density at radius 2 is 2.10 bits per heavy atom. The first kappa shape index (κ1) is 16.6. The molecular formula is C15H22N4O2. The minimum Gasteiger partial charge on any atom is -0.392 e. The maximum Gasteiger partial charge on any atom is 0.272 e. The molecule has 1 aromatic heterocycles. The maximum absolute atomic E-state index is 12.3. The fraction of sp³-hybridized carbons (Fsp3) is 0.333. The molecule has 0 unspecified atom stereocenters. The molecule has 0 spiro atoms. The third kappa shape index (κ3) is 5.18. The van der Waals surface area contributed by atoms with E-state index in [1.807, 2.05) is 19.3 Å². The van der Waals surface area contributed by atoms with Crippen LogP contribution in [0.3, 0.4) is 0 Å². The number of rotatable bonds is 8. The predicted octanol–water partition coefficient (Wildman–Crippen LogP) is 1.39. The van der Waals surface area contributed by atoms with Crippen molar-refractivity contribution in [2.75, 3.05) is 19.4 Å². The van der Waals surface area contributed by atoms with Crippen LogP contribution in [0.5, 0.6) is 0 Å². The minimum absolute atomic E-state index is 0.194. The Kier molecular flexibility index (Phi) is 6.80. The number of amides is 1. The number of hydrogen-bond acceptors (Lipinski definition) is 4. The monoisotopic (exact) mass is 290 g/mol. The number of aldehydes is 1. The summed E-state index contributed by atoms with van der Waals surface area (Å²) >= 11 is 0. The van der Waals surface area contributed by atoms with Gasteiger partial charge in [0.1, 0.15) is 12.0 Å². The SMILES string of the molecule is CN/C=C(\C=C\CCC=O)NC(=O)c1cc(NC)cn1C. The zero-order valence-corrected chi connectivity index (χ0v) is 12.6. The standard InChI is InChI=1S/C15H22N4O2/c1-16-10-12(7-5-4-6-8-20)18-15(21)14-9-13(17-2)11-19(14)3/h5,7-11,16-17H,4,6H2,1-3H3,(H,18,21)/b7-5+,12-10+. The van der Waals surface area contributed by atoms with Crippen LogP contribution in [-0.2, 0) is 11.8 Å². The zero-order chi connectivity index (χ0) is 15.7. The second kappa shape index (κ2) is 8.63. The summed E-state index contributed by atoms with van der Waals surface area (Å²) < 4.78 is 1.76. The average molecular weight is 290 g/mol. The van der Waals surface area contributed by atoms with Crippen molar-refractivity contribution in [1.82, 2.24) is 15.2 Å². The van der Waals surface area contributed by atoms with Crippen LogP contribution in [0.25, 0.3) is 0 Å². The smallest absolute Gasteiger partial charge is 0.272 e. The van der Waals surface area contributed by atoms with Crippen molar-refractivity contribution in [2.45, 2.75) is 12.8 Å². The number of hydrogen-bond donors (Lipinski definition) is 3. The molecule has 0 fully saturated rings. The lowest BCUT2D eigenvalue weighted by atomic mass is 10.2. The molecule has 3 N–H and O–H groups in total. The fourth-order valence-electron chi connectivity index (χ4n) is 1.78. The van der Waals surface area contributed by atoms with Crippen LogP contribution >= 0.6 is 0 Å². The Morgan fingerprint density at radius 3 is 2.67 bits per heavy atom. The van der Waals surface area contributed by atoms with E-state index in [2.05, 4.69) is 16.0 Å². The largest absolute Gasteiger partial charge is 0.392 e. The summed E-state index contributed by atoms with van der Waals surface area (Å²) in [4.78, 5) is 22.5. The molecule has 0 saturated heterocycles. The highest BCUT2D eigenvalue weighted by Gasteiger charge is 2.11. The van der Waals surface area contributed by atoms with Gasteiger partial charge in [0, 0.05) is 40.0 Å². The molecule has 6 nitrogen and oxygen atoms in total. The van der Waals surface area contributed by atoms with E-state index in [1.54, 1.807) is 37.0 Å². The molecule has 21 heavy (non-hydrogen) atoms. The van der Waals surface area contributed by atoms with Crippen LogP contribution < -0.4 is 16.0 Å². The molecule has 0 aliphatic rings. The number of carbonyl (C=O) groups excluding carboxylic acids is 2. The molecule has 1 amide bonds. The van der Waals surface area contributed by atoms with Crippen LogP contribution in [0.15, 0.2) is 36.3 Å². The highest BCUT2D eigenvalue weighted by molar-refractivity contribution is 5.95. The van der Waals surface area contributed by atoms with Crippen molar-refractivity contribution < 1.29 is 9.59 Å². The lowest BCUT2D eigenvalue weighted by Gasteiger charge is -2.07. The van der Waals surface area contributed by atoms with Gasteiger partial charge in [-0.1, -0.05) is 6.08 Å². The second-order valence-corrected chi connectivity index (χ2v) is 4.46. The number of aromatic nitrogens is 1. The second-order valence-electron chi connectivity index (χ2n) is 4.46. The number of unbranched alkanes of at least 4 members (excludes halogenated alkanes) is 1. The van der Waals surface area contributed by atoms with Crippen molar-refractivity contribution in [2.24, 2.45) is 7.05 Å². The summed E-state index contributed by atoms with van der Waals surface area (Å²) in [7, 11) is 5.38. The van der Waals surface area contributed by atoms with E-state index in [0.717, 1.165) is 12.0 Å². The lowest BCUT2D eigenvalue weighted by Crippen LogP contribution is -2.25. The summed E-state index contributed by atoms with van der Waals surface area (Å²) in [6, 6.07) is 1.78. The number of aryl methyl sites for hydroxylation is 1. The van der Waals surface area contributed by atoms with E-state index in [1.165, 1.54) is 0 Å². The molecule has 114 valence electrons. The van der Waals surface area contributed by atoms with Crippen LogP contribution in [0, 0.1) is 0 Å². The normalized spacial score (nSPS) is 11.5. The predicted molar refractivity (Wildman–Crippen MR) is 84.0 cm³/mol. The van der Waals surface area contributed by atoms with Gasteiger partial charge in [0.05, 0.1) is 11.4 Å². The van der Waals surface area contributed by atoms with Gasteiger partial charge >= 0.3 is 0 Å². The van der Waals surface area contributed by atoms with E-state index in [9.17, 15) is 9.59 Å². The summed E-state index contributed by atoms with van der Waals surface area (Å²) in [5, 5.41) is 8.70. The molecule has 1 heterocycles. The quantitative estimate of drug-likeness (QED) is 0.384. The van der Waals surface area contributed by atoms with Gasteiger partial charge in [-0.3, -0.25) is 4.79 Å². The fourth-order valence-corrected chi connectivity index (χ4v) is 1.78. The van der Waals surface area contributed by atoms with E-state index in [-0.39, 0.29) is 5.91 Å². The molecule has 0 bridgehead atoms.